The van der Waals surface area contributed by atoms with E-state index in [9.17, 15) is 13.2 Å². The van der Waals surface area contributed by atoms with Crippen LogP contribution in [0.4, 0.5) is 18.9 Å². The quantitative estimate of drug-likeness (QED) is 0.284. The zero-order valence-electron chi connectivity index (χ0n) is 21.8. The first kappa shape index (κ1) is 28.1. The normalized spacial score (nSPS) is 12.7. The fraction of sp³-hybridized carbons (Fsp3) is 0.267. The maximum Gasteiger partial charge on any atom is 0.433 e. The van der Waals surface area contributed by atoms with Crippen LogP contribution >= 0.6 is 11.3 Å². The Labute approximate surface area is 221 Å². The van der Waals surface area contributed by atoms with Crippen molar-refractivity contribution in [3.05, 3.63) is 105 Å². The van der Waals surface area contributed by atoms with E-state index in [4.69, 9.17) is 0 Å². The molecule has 0 aliphatic heterocycles. The largest absolute Gasteiger partial charge is 0.433 e. The average Bonchev–Trinajstić information content (AvgIpc) is 3.36. The number of aromatic nitrogens is 2. The molecular formula is C30H32F3N3S. The third-order valence-electron chi connectivity index (χ3n) is 5.76. The highest BCUT2D eigenvalue weighted by Crippen LogP contribution is 2.31. The molecule has 3 nitrogen and oxygen atoms in total. The second kappa shape index (κ2) is 12.2. The molecule has 0 radical (unpaired) electrons. The lowest BCUT2D eigenvalue weighted by Gasteiger charge is -2.16. The number of anilines is 1. The summed E-state index contributed by atoms with van der Waals surface area (Å²) in [5, 5.41) is 6.23. The van der Waals surface area contributed by atoms with E-state index in [1.807, 2.05) is 38.3 Å². The van der Waals surface area contributed by atoms with Crippen LogP contribution in [0.5, 0.6) is 0 Å². The van der Waals surface area contributed by atoms with Crippen molar-refractivity contribution in [1.82, 2.24) is 9.97 Å². The second-order valence-corrected chi connectivity index (χ2v) is 9.77. The van der Waals surface area contributed by atoms with Gasteiger partial charge in [0.25, 0.3) is 0 Å². The first-order valence-electron chi connectivity index (χ1n) is 12.1. The Morgan fingerprint density at radius 3 is 2.38 bits per heavy atom. The average molecular weight is 524 g/mol. The Hall–Kier alpha value is -3.45. The number of nitrogens with one attached hydrogen (secondary N) is 1. The van der Waals surface area contributed by atoms with Gasteiger partial charge in [-0.3, -0.25) is 4.98 Å². The monoisotopic (exact) mass is 523 g/mol. The molecule has 3 rings (SSSR count). The molecule has 2 aromatic heterocycles. The van der Waals surface area contributed by atoms with E-state index >= 15 is 0 Å². The van der Waals surface area contributed by atoms with Crippen LogP contribution in [0.1, 0.15) is 56.4 Å². The Bertz CT molecular complexity index is 1340. The summed E-state index contributed by atoms with van der Waals surface area (Å²) in [6, 6.07) is 8.91. The Balaban J connectivity index is 1.97. The van der Waals surface area contributed by atoms with Gasteiger partial charge in [-0.05, 0) is 86.2 Å². The van der Waals surface area contributed by atoms with Crippen LogP contribution in [0, 0.1) is 0 Å². The van der Waals surface area contributed by atoms with Gasteiger partial charge in [0.2, 0.25) is 0 Å². The van der Waals surface area contributed by atoms with E-state index < -0.39 is 11.9 Å². The first-order valence-corrected chi connectivity index (χ1v) is 13.0. The van der Waals surface area contributed by atoms with E-state index in [-0.39, 0.29) is 0 Å². The highest BCUT2D eigenvalue weighted by Gasteiger charge is 2.32. The van der Waals surface area contributed by atoms with Crippen LogP contribution in [-0.2, 0) is 19.0 Å². The van der Waals surface area contributed by atoms with Gasteiger partial charge in [-0.1, -0.05) is 44.2 Å². The number of benzene rings is 1. The molecule has 0 spiro atoms. The zero-order valence-corrected chi connectivity index (χ0v) is 22.6. The molecule has 2 heterocycles. The minimum absolute atomic E-state index is 0.539. The lowest BCUT2D eigenvalue weighted by Crippen LogP contribution is -2.07. The predicted molar refractivity (Wildman–Crippen MR) is 149 cm³/mol. The molecule has 0 aliphatic carbocycles. The number of thiazole rings is 1. The Kier molecular flexibility index (Phi) is 9.27. The van der Waals surface area contributed by atoms with Gasteiger partial charge < -0.3 is 5.32 Å². The Morgan fingerprint density at radius 1 is 1.05 bits per heavy atom. The topological polar surface area (TPSA) is 37.8 Å². The second-order valence-electron chi connectivity index (χ2n) is 8.91. The van der Waals surface area contributed by atoms with Crippen molar-refractivity contribution in [2.75, 3.05) is 5.32 Å². The van der Waals surface area contributed by atoms with Gasteiger partial charge in [-0.2, -0.15) is 13.2 Å². The lowest BCUT2D eigenvalue weighted by molar-refractivity contribution is -0.141. The predicted octanol–water partition coefficient (Wildman–Crippen LogP) is 9.27. The molecule has 0 amide bonds. The van der Waals surface area contributed by atoms with E-state index in [1.54, 1.807) is 0 Å². The smallest absolute Gasteiger partial charge is 0.355 e. The van der Waals surface area contributed by atoms with Crippen molar-refractivity contribution >= 4 is 22.6 Å². The van der Waals surface area contributed by atoms with Crippen molar-refractivity contribution in [1.29, 1.82) is 0 Å². The van der Waals surface area contributed by atoms with Gasteiger partial charge in [0.1, 0.15) is 10.7 Å². The van der Waals surface area contributed by atoms with E-state index in [1.165, 1.54) is 34.7 Å². The minimum Gasteiger partial charge on any atom is -0.355 e. The number of aryl methyl sites for hydroxylation is 2. The van der Waals surface area contributed by atoms with Crippen molar-refractivity contribution in [2.45, 2.75) is 53.6 Å². The van der Waals surface area contributed by atoms with Crippen molar-refractivity contribution in [3.8, 4) is 11.3 Å². The molecule has 1 N–H and O–H groups in total. The molecule has 0 fully saturated rings. The number of nitrogens with zero attached hydrogens (tertiary/aromatic N) is 2. The summed E-state index contributed by atoms with van der Waals surface area (Å²) < 4.78 is 38.5. The fourth-order valence-electron chi connectivity index (χ4n) is 3.74. The Morgan fingerprint density at radius 2 is 1.81 bits per heavy atom. The fourth-order valence-corrected chi connectivity index (χ4v) is 4.54. The van der Waals surface area contributed by atoms with Gasteiger partial charge in [0, 0.05) is 28.5 Å². The standard InChI is InChI=1S/C30H32F3N3S/c1-7-21-10-11-22(8-2)26(16-21)35-25(14-19(4)5)23(9-3)15-20(6)29-36-27(18-37-29)24-12-13-28(34-17-24)30(31,32)33/h9-18,35H,3,7-8H2,1-2,4-6H3/b20-15+,25-23-. The van der Waals surface area contributed by atoms with Gasteiger partial charge >= 0.3 is 6.18 Å². The van der Waals surface area contributed by atoms with Gasteiger partial charge in [-0.15, -0.1) is 11.3 Å². The minimum atomic E-state index is -4.47. The van der Waals surface area contributed by atoms with Crippen molar-refractivity contribution in [2.24, 2.45) is 0 Å². The van der Waals surface area contributed by atoms with Crippen molar-refractivity contribution < 1.29 is 13.2 Å². The summed E-state index contributed by atoms with van der Waals surface area (Å²) in [6.45, 7) is 14.4. The lowest BCUT2D eigenvalue weighted by atomic mass is 10.0. The summed E-state index contributed by atoms with van der Waals surface area (Å²) in [4.78, 5) is 8.20. The van der Waals surface area contributed by atoms with Gasteiger partial charge in [0.05, 0.1) is 5.69 Å². The molecule has 0 saturated heterocycles. The molecule has 3 aromatic rings. The molecule has 0 unspecified atom stereocenters. The van der Waals surface area contributed by atoms with Gasteiger partial charge in [-0.25, -0.2) is 4.98 Å². The summed E-state index contributed by atoms with van der Waals surface area (Å²) in [5.74, 6) is 0. The molecular weight excluding hydrogens is 491 g/mol. The van der Waals surface area contributed by atoms with Crippen LogP contribution in [-0.4, -0.2) is 9.97 Å². The third-order valence-corrected chi connectivity index (χ3v) is 6.74. The van der Waals surface area contributed by atoms with Crippen LogP contribution in [0.2, 0.25) is 0 Å². The molecule has 1 aromatic carbocycles. The maximum absolute atomic E-state index is 12.8. The maximum atomic E-state index is 12.8. The van der Waals surface area contributed by atoms with Crippen LogP contribution in [0.3, 0.4) is 0 Å². The molecule has 0 bridgehead atoms. The molecule has 194 valence electrons. The highest BCUT2D eigenvalue weighted by molar-refractivity contribution is 7.11. The van der Waals surface area contributed by atoms with Crippen LogP contribution in [0.25, 0.3) is 16.8 Å². The van der Waals surface area contributed by atoms with Crippen LogP contribution < -0.4 is 5.32 Å². The van der Waals surface area contributed by atoms with E-state index in [2.05, 4.69) is 60.0 Å². The number of halogens is 3. The molecule has 0 aliphatic rings. The number of pyridine rings is 1. The van der Waals surface area contributed by atoms with E-state index in [0.29, 0.717) is 11.3 Å². The number of allylic oxidation sites excluding steroid dienone is 6. The van der Waals surface area contributed by atoms with Crippen molar-refractivity contribution in [3.63, 3.8) is 0 Å². The van der Waals surface area contributed by atoms with Gasteiger partial charge in [0.15, 0.2) is 0 Å². The number of alkyl halides is 3. The van der Waals surface area contributed by atoms with Crippen LogP contribution in [0.15, 0.2) is 83.6 Å². The summed E-state index contributed by atoms with van der Waals surface area (Å²) in [5.41, 5.74) is 7.69. The third kappa shape index (κ3) is 7.29. The molecule has 0 atom stereocenters. The SMILES string of the molecule is C=CC(/C=C(\C)c1nc(-c2ccc(C(F)(F)F)nc2)cs1)=C(\C=C(C)C)Nc1cc(CC)ccc1CC. The number of rotatable bonds is 9. The molecule has 0 saturated carbocycles. The summed E-state index contributed by atoms with van der Waals surface area (Å²) in [6.07, 6.45) is 4.54. The zero-order chi connectivity index (χ0) is 27.2. The summed E-state index contributed by atoms with van der Waals surface area (Å²) in [7, 11) is 0. The highest BCUT2D eigenvalue weighted by atomic mass is 32.1. The molecule has 7 heteroatoms. The number of hydrogen-bond donors (Lipinski definition) is 1. The summed E-state index contributed by atoms with van der Waals surface area (Å²) >= 11 is 1.43. The number of hydrogen-bond acceptors (Lipinski definition) is 4. The van der Waals surface area contributed by atoms with E-state index in [0.717, 1.165) is 52.0 Å². The molecule has 37 heavy (non-hydrogen) atoms. The first-order chi connectivity index (χ1) is 17.5.